The van der Waals surface area contributed by atoms with Crippen LogP contribution >= 0.6 is 0 Å². The molecular formula is C9H14N2O. The molecule has 0 saturated carbocycles. The third-order valence-electron chi connectivity index (χ3n) is 1.68. The quantitative estimate of drug-likeness (QED) is 0.546. The molecule has 1 aromatic carbocycles. The molecule has 5 N–H and O–H groups in total. The molecule has 0 amide bonds. The maximum Gasteiger partial charge on any atom is 0.0842 e. The van der Waals surface area contributed by atoms with E-state index < -0.39 is 5.60 Å². The van der Waals surface area contributed by atoms with Crippen molar-refractivity contribution in [2.45, 2.75) is 19.4 Å². The lowest BCUT2D eigenvalue weighted by Gasteiger charge is -2.18. The standard InChI is InChI=1S/C9H14N2O/c1-9(2,12)6-3-7(10)5-8(11)4-6/h3-5,12H,10-11H2,1-2H3. The minimum absolute atomic E-state index is 0.576. The fourth-order valence-electron chi connectivity index (χ4n) is 1.03. The summed E-state index contributed by atoms with van der Waals surface area (Å²) in [6.07, 6.45) is 0. The zero-order chi connectivity index (χ0) is 9.35. The van der Waals surface area contributed by atoms with Gasteiger partial charge >= 0.3 is 0 Å². The van der Waals surface area contributed by atoms with Crippen molar-refractivity contribution in [3.63, 3.8) is 0 Å². The van der Waals surface area contributed by atoms with Crippen LogP contribution in [0.1, 0.15) is 19.4 Å². The number of hydrogen-bond donors (Lipinski definition) is 3. The Bertz CT molecular complexity index is 269. The van der Waals surface area contributed by atoms with E-state index in [1.165, 1.54) is 0 Å². The zero-order valence-electron chi connectivity index (χ0n) is 7.33. The Labute approximate surface area is 72.0 Å². The van der Waals surface area contributed by atoms with Gasteiger partial charge in [0.25, 0.3) is 0 Å². The van der Waals surface area contributed by atoms with Crippen LogP contribution in [0.5, 0.6) is 0 Å². The summed E-state index contributed by atoms with van der Waals surface area (Å²) >= 11 is 0. The molecule has 0 saturated heterocycles. The number of benzene rings is 1. The molecule has 0 aromatic heterocycles. The molecule has 3 nitrogen and oxygen atoms in total. The van der Waals surface area contributed by atoms with Crippen molar-refractivity contribution in [3.8, 4) is 0 Å². The minimum atomic E-state index is -0.885. The fraction of sp³-hybridized carbons (Fsp3) is 0.333. The van der Waals surface area contributed by atoms with E-state index in [0.717, 1.165) is 5.56 Å². The van der Waals surface area contributed by atoms with Gasteiger partial charge in [0.05, 0.1) is 5.60 Å². The average Bonchev–Trinajstić information content (AvgIpc) is 1.82. The molecule has 0 radical (unpaired) electrons. The van der Waals surface area contributed by atoms with Crippen molar-refractivity contribution in [3.05, 3.63) is 23.8 Å². The van der Waals surface area contributed by atoms with Crippen LogP contribution in [-0.2, 0) is 5.60 Å². The largest absolute Gasteiger partial charge is 0.399 e. The van der Waals surface area contributed by atoms with Crippen molar-refractivity contribution in [2.75, 3.05) is 11.5 Å². The molecule has 0 aliphatic heterocycles. The molecule has 0 aliphatic rings. The van der Waals surface area contributed by atoms with Crippen LogP contribution in [0.15, 0.2) is 18.2 Å². The lowest BCUT2D eigenvalue weighted by Crippen LogP contribution is -2.16. The Hall–Kier alpha value is -1.22. The van der Waals surface area contributed by atoms with Crippen LogP contribution in [-0.4, -0.2) is 5.11 Å². The highest BCUT2D eigenvalue weighted by Crippen LogP contribution is 2.24. The van der Waals surface area contributed by atoms with Gasteiger partial charge in [0.1, 0.15) is 0 Å². The molecule has 0 heterocycles. The summed E-state index contributed by atoms with van der Waals surface area (Å²) in [5.74, 6) is 0. The second-order valence-electron chi connectivity index (χ2n) is 3.45. The Morgan fingerprint density at radius 3 is 1.83 bits per heavy atom. The SMILES string of the molecule is CC(C)(O)c1cc(N)cc(N)c1. The van der Waals surface area contributed by atoms with Crippen LogP contribution in [0.3, 0.4) is 0 Å². The van der Waals surface area contributed by atoms with Gasteiger partial charge in [-0.25, -0.2) is 0 Å². The van der Waals surface area contributed by atoms with Crippen LogP contribution in [0.25, 0.3) is 0 Å². The highest BCUT2D eigenvalue weighted by atomic mass is 16.3. The molecule has 1 aromatic rings. The van der Waals surface area contributed by atoms with Gasteiger partial charge in [-0.1, -0.05) is 0 Å². The molecule has 12 heavy (non-hydrogen) atoms. The number of rotatable bonds is 1. The van der Waals surface area contributed by atoms with E-state index in [0.29, 0.717) is 11.4 Å². The van der Waals surface area contributed by atoms with E-state index in [2.05, 4.69) is 0 Å². The molecule has 0 aliphatic carbocycles. The van der Waals surface area contributed by atoms with Gasteiger partial charge in [0.2, 0.25) is 0 Å². The van der Waals surface area contributed by atoms with E-state index in [9.17, 15) is 5.11 Å². The van der Waals surface area contributed by atoms with Gasteiger partial charge in [-0.2, -0.15) is 0 Å². The molecule has 0 spiro atoms. The molecule has 3 heteroatoms. The molecule has 0 atom stereocenters. The molecule has 1 rings (SSSR count). The Morgan fingerprint density at radius 1 is 1.08 bits per heavy atom. The predicted octanol–water partition coefficient (Wildman–Crippen LogP) is 1.08. The van der Waals surface area contributed by atoms with E-state index in [4.69, 9.17) is 11.5 Å². The molecular weight excluding hydrogens is 152 g/mol. The Balaban J connectivity index is 3.18. The lowest BCUT2D eigenvalue weighted by molar-refractivity contribution is 0.0787. The van der Waals surface area contributed by atoms with Gasteiger partial charge in [0, 0.05) is 11.4 Å². The third kappa shape index (κ3) is 1.89. The lowest BCUT2D eigenvalue weighted by atomic mass is 9.97. The first kappa shape index (κ1) is 8.87. The van der Waals surface area contributed by atoms with Gasteiger partial charge in [0.15, 0.2) is 0 Å². The number of nitrogen functional groups attached to an aromatic ring is 2. The zero-order valence-corrected chi connectivity index (χ0v) is 7.33. The van der Waals surface area contributed by atoms with E-state index >= 15 is 0 Å². The summed E-state index contributed by atoms with van der Waals surface area (Å²) in [6, 6.07) is 5.10. The van der Waals surface area contributed by atoms with E-state index in [-0.39, 0.29) is 0 Å². The van der Waals surface area contributed by atoms with Crippen molar-refractivity contribution in [1.29, 1.82) is 0 Å². The summed E-state index contributed by atoms with van der Waals surface area (Å²) in [7, 11) is 0. The fourth-order valence-corrected chi connectivity index (χ4v) is 1.03. The Morgan fingerprint density at radius 2 is 1.50 bits per heavy atom. The first-order valence-corrected chi connectivity index (χ1v) is 3.78. The Kier molecular flexibility index (Phi) is 1.98. The molecule has 66 valence electrons. The van der Waals surface area contributed by atoms with Crippen molar-refractivity contribution in [2.24, 2.45) is 0 Å². The maximum absolute atomic E-state index is 9.63. The third-order valence-corrected chi connectivity index (χ3v) is 1.68. The summed E-state index contributed by atoms with van der Waals surface area (Å²) < 4.78 is 0. The topological polar surface area (TPSA) is 72.3 Å². The van der Waals surface area contributed by atoms with Crippen LogP contribution in [0, 0.1) is 0 Å². The van der Waals surface area contributed by atoms with Crippen LogP contribution in [0.4, 0.5) is 11.4 Å². The molecule has 0 bridgehead atoms. The summed E-state index contributed by atoms with van der Waals surface area (Å²) in [6.45, 7) is 3.39. The monoisotopic (exact) mass is 166 g/mol. The highest BCUT2D eigenvalue weighted by molar-refractivity contribution is 5.55. The molecule has 0 unspecified atom stereocenters. The number of aliphatic hydroxyl groups is 1. The van der Waals surface area contributed by atoms with Crippen molar-refractivity contribution < 1.29 is 5.11 Å². The van der Waals surface area contributed by atoms with Gasteiger partial charge < -0.3 is 16.6 Å². The smallest absolute Gasteiger partial charge is 0.0842 e. The average molecular weight is 166 g/mol. The number of hydrogen-bond acceptors (Lipinski definition) is 3. The van der Waals surface area contributed by atoms with Gasteiger partial charge in [-0.05, 0) is 37.6 Å². The summed E-state index contributed by atoms with van der Waals surface area (Å²) in [4.78, 5) is 0. The van der Waals surface area contributed by atoms with Gasteiger partial charge in [-0.15, -0.1) is 0 Å². The van der Waals surface area contributed by atoms with Crippen molar-refractivity contribution >= 4 is 11.4 Å². The minimum Gasteiger partial charge on any atom is -0.399 e. The van der Waals surface area contributed by atoms with Crippen LogP contribution in [0.2, 0.25) is 0 Å². The predicted molar refractivity (Wildman–Crippen MR) is 50.5 cm³/mol. The summed E-state index contributed by atoms with van der Waals surface area (Å²) in [5, 5.41) is 9.63. The second kappa shape index (κ2) is 2.68. The van der Waals surface area contributed by atoms with E-state index in [1.54, 1.807) is 32.0 Å². The highest BCUT2D eigenvalue weighted by Gasteiger charge is 2.16. The molecule has 0 fully saturated rings. The second-order valence-corrected chi connectivity index (χ2v) is 3.45. The van der Waals surface area contributed by atoms with Crippen molar-refractivity contribution in [1.82, 2.24) is 0 Å². The number of anilines is 2. The normalized spacial score (nSPS) is 11.6. The first-order valence-electron chi connectivity index (χ1n) is 3.78. The first-order chi connectivity index (χ1) is 5.39. The van der Waals surface area contributed by atoms with Gasteiger partial charge in [-0.3, -0.25) is 0 Å². The summed E-state index contributed by atoms with van der Waals surface area (Å²) in [5.41, 5.74) is 12.1. The van der Waals surface area contributed by atoms with E-state index in [1.807, 2.05) is 0 Å². The number of nitrogens with two attached hydrogens (primary N) is 2. The van der Waals surface area contributed by atoms with Crippen LogP contribution < -0.4 is 11.5 Å². The maximum atomic E-state index is 9.63.